The third-order valence-electron chi connectivity index (χ3n) is 6.85. The minimum atomic E-state index is -0.436. The summed E-state index contributed by atoms with van der Waals surface area (Å²) in [5.74, 6) is 1.83. The van der Waals surface area contributed by atoms with Crippen molar-refractivity contribution < 1.29 is 14.4 Å². The van der Waals surface area contributed by atoms with Crippen molar-refractivity contribution in [1.29, 1.82) is 0 Å². The average molecular weight is 541 g/mol. The van der Waals surface area contributed by atoms with Crippen LogP contribution in [0.3, 0.4) is 0 Å². The predicted molar refractivity (Wildman–Crippen MR) is 144 cm³/mol. The highest BCUT2D eigenvalue weighted by atomic mass is 35.5. The van der Waals surface area contributed by atoms with Crippen LogP contribution >= 0.6 is 11.6 Å². The quantitative estimate of drug-likeness (QED) is 0.285. The number of pyridine rings is 3. The van der Waals surface area contributed by atoms with Crippen LogP contribution in [0.4, 0.5) is 28.7 Å². The standard InChI is InChI=1S/C10H11N3O3.C10H13N3O.C5H5ClN2/c14-13(15)8-1-2-9(11-3-8)12-4-10(5-12)6-16-7-10;11-8-1-2-9(12-3-8)13-4-10(5-13)6-14-7-10;6-5-2-1-4(7)3-8-5/h1-3H,4-7H2;1-3H,4-7,11H2;1-3H,7H2. The van der Waals surface area contributed by atoms with E-state index in [1.165, 1.54) is 18.5 Å². The summed E-state index contributed by atoms with van der Waals surface area (Å²) in [5, 5.41) is 10.9. The van der Waals surface area contributed by atoms with Gasteiger partial charge < -0.3 is 30.7 Å². The number of anilines is 4. The van der Waals surface area contributed by atoms with E-state index in [2.05, 4.69) is 24.8 Å². The van der Waals surface area contributed by atoms with E-state index in [-0.39, 0.29) is 5.69 Å². The molecule has 4 saturated heterocycles. The summed E-state index contributed by atoms with van der Waals surface area (Å²) >= 11 is 5.44. The number of nitrogen functional groups attached to an aromatic ring is 2. The van der Waals surface area contributed by atoms with E-state index in [4.69, 9.17) is 32.5 Å². The van der Waals surface area contributed by atoms with Gasteiger partial charge in [0.25, 0.3) is 5.69 Å². The zero-order valence-electron chi connectivity index (χ0n) is 20.7. The molecule has 3 aromatic rings. The summed E-state index contributed by atoms with van der Waals surface area (Å²) in [4.78, 5) is 26.5. The molecule has 2 spiro atoms. The topological polar surface area (TPSA) is 159 Å². The van der Waals surface area contributed by atoms with Crippen molar-refractivity contribution in [2.24, 2.45) is 10.8 Å². The van der Waals surface area contributed by atoms with Gasteiger partial charge in [0, 0.05) is 32.2 Å². The number of aromatic nitrogens is 3. The number of halogens is 1. The van der Waals surface area contributed by atoms with E-state index >= 15 is 0 Å². The van der Waals surface area contributed by atoms with Gasteiger partial charge in [0.05, 0.1) is 65.9 Å². The molecule has 38 heavy (non-hydrogen) atoms. The molecule has 0 aliphatic carbocycles. The number of nitrogens with two attached hydrogens (primary N) is 2. The van der Waals surface area contributed by atoms with Crippen molar-refractivity contribution in [3.05, 3.63) is 70.3 Å². The second kappa shape index (κ2) is 10.6. The van der Waals surface area contributed by atoms with Gasteiger partial charge in [-0.25, -0.2) is 15.0 Å². The maximum atomic E-state index is 10.5. The summed E-state index contributed by atoms with van der Waals surface area (Å²) in [7, 11) is 0. The molecule has 0 saturated carbocycles. The molecule has 0 amide bonds. The normalized spacial score (nSPS) is 19.4. The Morgan fingerprint density at radius 1 is 0.763 bits per heavy atom. The fourth-order valence-corrected chi connectivity index (χ4v) is 4.75. The fraction of sp³-hybridized carbons (Fsp3) is 0.400. The van der Waals surface area contributed by atoms with E-state index in [1.807, 2.05) is 12.1 Å². The second-order valence-corrected chi connectivity index (χ2v) is 10.6. The molecule has 4 fully saturated rings. The average Bonchev–Trinajstić information content (AvgIpc) is 2.80. The van der Waals surface area contributed by atoms with Gasteiger partial charge in [0.15, 0.2) is 0 Å². The summed E-state index contributed by atoms with van der Waals surface area (Å²) in [6, 6.07) is 10.4. The first-order valence-electron chi connectivity index (χ1n) is 12.1. The predicted octanol–water partition coefficient (Wildman–Crippen LogP) is 2.64. The first-order valence-corrected chi connectivity index (χ1v) is 12.5. The molecule has 0 aromatic carbocycles. The van der Waals surface area contributed by atoms with Gasteiger partial charge in [-0.15, -0.1) is 0 Å². The van der Waals surface area contributed by atoms with Crippen LogP contribution in [-0.4, -0.2) is 72.5 Å². The molecule has 7 heterocycles. The Morgan fingerprint density at radius 2 is 1.24 bits per heavy atom. The number of nitro groups is 1. The largest absolute Gasteiger partial charge is 0.397 e. The molecule has 0 atom stereocenters. The summed E-state index contributed by atoms with van der Waals surface area (Å²) in [5.41, 5.74) is 13.1. The number of hydrogen-bond donors (Lipinski definition) is 2. The van der Waals surface area contributed by atoms with Gasteiger partial charge >= 0.3 is 0 Å². The lowest BCUT2D eigenvalue weighted by Gasteiger charge is -2.55. The lowest BCUT2D eigenvalue weighted by atomic mass is 9.78. The van der Waals surface area contributed by atoms with Gasteiger partial charge in [-0.3, -0.25) is 10.1 Å². The number of ether oxygens (including phenoxy) is 2. The van der Waals surface area contributed by atoms with E-state index in [0.717, 1.165) is 69.9 Å². The maximum absolute atomic E-state index is 10.5. The van der Waals surface area contributed by atoms with Crippen LogP contribution in [0.2, 0.25) is 5.15 Å². The SMILES string of the molecule is Nc1ccc(Cl)nc1.Nc1ccc(N2CC3(COC3)C2)nc1.O=[N+]([O-])c1ccc(N2CC3(COC3)C2)nc1. The molecule has 7 rings (SSSR count). The fourth-order valence-electron chi connectivity index (χ4n) is 4.64. The van der Waals surface area contributed by atoms with E-state index < -0.39 is 4.92 Å². The van der Waals surface area contributed by atoms with Crippen LogP contribution < -0.4 is 21.3 Å². The number of nitrogens with zero attached hydrogens (tertiary/aromatic N) is 6. The third-order valence-corrected chi connectivity index (χ3v) is 7.07. The number of hydrogen-bond acceptors (Lipinski definition) is 11. The molecular weight excluding hydrogens is 512 g/mol. The van der Waals surface area contributed by atoms with Crippen LogP contribution in [-0.2, 0) is 9.47 Å². The molecule has 12 nitrogen and oxygen atoms in total. The molecule has 0 bridgehead atoms. The van der Waals surface area contributed by atoms with Crippen molar-refractivity contribution in [1.82, 2.24) is 15.0 Å². The lowest BCUT2D eigenvalue weighted by Crippen LogP contribution is -2.66. The van der Waals surface area contributed by atoms with Gasteiger partial charge in [-0.1, -0.05) is 11.6 Å². The van der Waals surface area contributed by atoms with Crippen molar-refractivity contribution >= 4 is 40.3 Å². The lowest BCUT2D eigenvalue weighted by molar-refractivity contribution is -0.385. The Labute approximate surface area is 224 Å². The number of rotatable bonds is 3. The molecular formula is C25H29ClN8O4. The van der Waals surface area contributed by atoms with Crippen LogP contribution in [0.25, 0.3) is 0 Å². The van der Waals surface area contributed by atoms with Crippen LogP contribution in [0.5, 0.6) is 0 Å². The van der Waals surface area contributed by atoms with Crippen molar-refractivity contribution in [3.63, 3.8) is 0 Å². The molecule has 200 valence electrons. The summed E-state index contributed by atoms with van der Waals surface area (Å²) in [6.07, 6.45) is 4.53. The Morgan fingerprint density at radius 3 is 1.55 bits per heavy atom. The monoisotopic (exact) mass is 540 g/mol. The minimum absolute atomic E-state index is 0.0333. The van der Waals surface area contributed by atoms with Gasteiger partial charge in [0.2, 0.25) is 0 Å². The summed E-state index contributed by atoms with van der Waals surface area (Å²) < 4.78 is 10.4. The Hall–Kier alpha value is -3.74. The maximum Gasteiger partial charge on any atom is 0.287 e. The molecule has 3 aromatic heterocycles. The third kappa shape index (κ3) is 5.72. The zero-order chi connectivity index (χ0) is 26.8. The highest BCUT2D eigenvalue weighted by Gasteiger charge is 2.50. The van der Waals surface area contributed by atoms with E-state index in [9.17, 15) is 10.1 Å². The van der Waals surface area contributed by atoms with E-state index in [1.54, 1.807) is 24.4 Å². The Bertz CT molecular complexity index is 1210. The molecule has 4 aliphatic rings. The van der Waals surface area contributed by atoms with Crippen molar-refractivity contribution in [2.75, 3.05) is 73.9 Å². The Balaban J connectivity index is 0.000000123. The molecule has 0 unspecified atom stereocenters. The molecule has 4 aliphatic heterocycles. The Kier molecular flexibility index (Phi) is 7.19. The van der Waals surface area contributed by atoms with Crippen LogP contribution in [0, 0.1) is 20.9 Å². The van der Waals surface area contributed by atoms with Gasteiger partial charge in [-0.05, 0) is 30.3 Å². The zero-order valence-corrected chi connectivity index (χ0v) is 21.5. The molecule has 0 radical (unpaired) electrons. The molecule has 4 N–H and O–H groups in total. The van der Waals surface area contributed by atoms with Crippen LogP contribution in [0.1, 0.15) is 0 Å². The van der Waals surface area contributed by atoms with Crippen LogP contribution in [0.15, 0.2) is 55.0 Å². The smallest absolute Gasteiger partial charge is 0.287 e. The van der Waals surface area contributed by atoms with Crippen molar-refractivity contribution in [2.45, 2.75) is 0 Å². The van der Waals surface area contributed by atoms with Gasteiger partial charge in [-0.2, -0.15) is 0 Å². The van der Waals surface area contributed by atoms with Crippen molar-refractivity contribution in [3.8, 4) is 0 Å². The van der Waals surface area contributed by atoms with E-state index in [0.29, 0.717) is 21.7 Å². The molecule has 13 heteroatoms. The first kappa shape index (κ1) is 25.9. The highest BCUT2D eigenvalue weighted by Crippen LogP contribution is 2.40. The highest BCUT2D eigenvalue weighted by molar-refractivity contribution is 6.29. The first-order chi connectivity index (χ1) is 18.2. The summed E-state index contributed by atoms with van der Waals surface area (Å²) in [6.45, 7) is 7.52. The van der Waals surface area contributed by atoms with Gasteiger partial charge in [0.1, 0.15) is 23.0 Å². The second-order valence-electron chi connectivity index (χ2n) is 10.2. The minimum Gasteiger partial charge on any atom is -0.397 e.